The van der Waals surface area contributed by atoms with Crippen molar-refractivity contribution < 1.29 is 22.7 Å². The number of hydrazone groups is 1. The average molecular weight is 464 g/mol. The first-order chi connectivity index (χ1) is 14.8. The SMILES string of the molecule is CCOc1ccc(N(CC(=O)N/N=C\c2ccc(OC3CSC3)cc2)S(C)(=O)=O)cc1. The second kappa shape index (κ2) is 10.5. The van der Waals surface area contributed by atoms with Gasteiger partial charge in [-0.3, -0.25) is 9.10 Å². The van der Waals surface area contributed by atoms with Crippen LogP contribution in [0.3, 0.4) is 0 Å². The highest BCUT2D eigenvalue weighted by Crippen LogP contribution is 2.24. The molecule has 8 nitrogen and oxygen atoms in total. The lowest BCUT2D eigenvalue weighted by Gasteiger charge is -2.25. The minimum Gasteiger partial charge on any atom is -0.494 e. The molecule has 0 saturated carbocycles. The topological polar surface area (TPSA) is 97.3 Å². The molecule has 2 aromatic carbocycles. The predicted molar refractivity (Wildman–Crippen MR) is 124 cm³/mol. The summed E-state index contributed by atoms with van der Waals surface area (Å²) in [6.07, 6.45) is 2.81. The molecule has 1 amide bonds. The van der Waals surface area contributed by atoms with E-state index in [1.165, 1.54) is 6.21 Å². The highest BCUT2D eigenvalue weighted by Gasteiger charge is 2.21. The minimum absolute atomic E-state index is 0.275. The normalized spacial score (nSPS) is 14.1. The fraction of sp³-hybridized carbons (Fsp3) is 0.333. The third kappa shape index (κ3) is 6.90. The second-order valence-corrected chi connectivity index (χ2v) is 9.82. The Hall–Kier alpha value is -2.72. The smallest absolute Gasteiger partial charge is 0.260 e. The van der Waals surface area contributed by atoms with Crippen molar-refractivity contribution in [2.75, 3.05) is 35.2 Å². The summed E-state index contributed by atoms with van der Waals surface area (Å²) in [5.74, 6) is 2.88. The van der Waals surface area contributed by atoms with Gasteiger partial charge in [0.05, 0.1) is 24.8 Å². The molecule has 0 atom stereocenters. The van der Waals surface area contributed by atoms with Crippen molar-refractivity contribution in [3.8, 4) is 11.5 Å². The van der Waals surface area contributed by atoms with Gasteiger partial charge in [-0.25, -0.2) is 13.8 Å². The number of thioether (sulfide) groups is 1. The Bertz CT molecular complexity index is 1000. The molecule has 0 aliphatic carbocycles. The summed E-state index contributed by atoms with van der Waals surface area (Å²) < 4.78 is 36.5. The van der Waals surface area contributed by atoms with E-state index in [1.54, 1.807) is 24.3 Å². The summed E-state index contributed by atoms with van der Waals surface area (Å²) >= 11 is 1.85. The number of benzene rings is 2. The minimum atomic E-state index is -3.66. The van der Waals surface area contributed by atoms with Gasteiger partial charge in [0.1, 0.15) is 24.1 Å². The molecule has 166 valence electrons. The highest BCUT2D eigenvalue weighted by atomic mass is 32.2. The van der Waals surface area contributed by atoms with E-state index in [1.807, 2.05) is 43.0 Å². The van der Waals surface area contributed by atoms with Crippen molar-refractivity contribution in [1.29, 1.82) is 0 Å². The van der Waals surface area contributed by atoms with Crippen LogP contribution in [0.4, 0.5) is 5.69 Å². The van der Waals surface area contributed by atoms with E-state index in [0.29, 0.717) is 18.0 Å². The molecular weight excluding hydrogens is 438 g/mol. The predicted octanol–water partition coefficient (Wildman–Crippen LogP) is 2.50. The molecule has 1 saturated heterocycles. The lowest BCUT2D eigenvalue weighted by atomic mass is 10.2. The van der Waals surface area contributed by atoms with E-state index in [2.05, 4.69) is 10.5 Å². The van der Waals surface area contributed by atoms with Crippen LogP contribution in [0.1, 0.15) is 12.5 Å². The molecule has 1 aliphatic heterocycles. The fourth-order valence-electron chi connectivity index (χ4n) is 2.73. The molecule has 0 unspecified atom stereocenters. The lowest BCUT2D eigenvalue weighted by Crippen LogP contribution is -2.39. The van der Waals surface area contributed by atoms with Crippen molar-refractivity contribution in [1.82, 2.24) is 5.43 Å². The number of ether oxygens (including phenoxy) is 2. The Kier molecular flexibility index (Phi) is 7.80. The second-order valence-electron chi connectivity index (χ2n) is 6.84. The maximum absolute atomic E-state index is 12.3. The number of hydrogen-bond donors (Lipinski definition) is 1. The summed E-state index contributed by atoms with van der Waals surface area (Å²) in [5.41, 5.74) is 3.51. The summed E-state index contributed by atoms with van der Waals surface area (Å²) in [4.78, 5) is 12.3. The van der Waals surface area contributed by atoms with E-state index >= 15 is 0 Å². The van der Waals surface area contributed by atoms with Gasteiger partial charge in [-0.1, -0.05) is 0 Å². The van der Waals surface area contributed by atoms with Crippen LogP contribution in [-0.4, -0.2) is 57.6 Å². The van der Waals surface area contributed by atoms with Crippen LogP contribution >= 0.6 is 11.8 Å². The van der Waals surface area contributed by atoms with Crippen LogP contribution in [0, 0.1) is 0 Å². The summed E-state index contributed by atoms with van der Waals surface area (Å²) in [6, 6.07) is 13.9. The maximum atomic E-state index is 12.3. The first kappa shape index (κ1) is 23.0. The van der Waals surface area contributed by atoms with Crippen molar-refractivity contribution in [3.63, 3.8) is 0 Å². The van der Waals surface area contributed by atoms with Crippen molar-refractivity contribution in [3.05, 3.63) is 54.1 Å². The van der Waals surface area contributed by atoms with E-state index in [9.17, 15) is 13.2 Å². The lowest BCUT2D eigenvalue weighted by molar-refractivity contribution is -0.119. The number of nitrogens with zero attached hydrogens (tertiary/aromatic N) is 2. The van der Waals surface area contributed by atoms with E-state index in [4.69, 9.17) is 9.47 Å². The van der Waals surface area contributed by atoms with Crippen LogP contribution < -0.4 is 19.2 Å². The molecule has 1 heterocycles. The summed E-state index contributed by atoms with van der Waals surface area (Å²) in [6.45, 7) is 1.97. The quantitative estimate of drug-likeness (QED) is 0.430. The van der Waals surface area contributed by atoms with Gasteiger partial charge in [0.15, 0.2) is 0 Å². The van der Waals surface area contributed by atoms with Gasteiger partial charge in [0.25, 0.3) is 5.91 Å². The van der Waals surface area contributed by atoms with Crippen molar-refractivity contribution in [2.24, 2.45) is 5.10 Å². The molecule has 3 rings (SSSR count). The highest BCUT2D eigenvalue weighted by molar-refractivity contribution is 8.00. The largest absolute Gasteiger partial charge is 0.494 e. The number of sulfonamides is 1. The van der Waals surface area contributed by atoms with Gasteiger partial charge in [-0.05, 0) is 61.0 Å². The van der Waals surface area contributed by atoms with Crippen LogP contribution in [-0.2, 0) is 14.8 Å². The summed E-state index contributed by atoms with van der Waals surface area (Å²) in [7, 11) is -3.66. The zero-order valence-electron chi connectivity index (χ0n) is 17.4. The first-order valence-corrected chi connectivity index (χ1v) is 12.7. The first-order valence-electron chi connectivity index (χ1n) is 9.72. The zero-order valence-corrected chi connectivity index (χ0v) is 19.0. The Balaban J connectivity index is 1.56. The molecule has 0 bridgehead atoms. The molecule has 2 aromatic rings. The average Bonchev–Trinajstić information content (AvgIpc) is 2.70. The van der Waals surface area contributed by atoms with Crippen LogP contribution in [0.15, 0.2) is 53.6 Å². The third-order valence-electron chi connectivity index (χ3n) is 4.32. The Morgan fingerprint density at radius 2 is 1.81 bits per heavy atom. The number of nitrogens with one attached hydrogen (secondary N) is 1. The molecular formula is C21H25N3O5S2. The van der Waals surface area contributed by atoms with Gasteiger partial charge in [-0.15, -0.1) is 0 Å². The Morgan fingerprint density at radius 1 is 1.16 bits per heavy atom. The Morgan fingerprint density at radius 3 is 2.35 bits per heavy atom. The van der Waals surface area contributed by atoms with Gasteiger partial charge < -0.3 is 9.47 Å². The molecule has 31 heavy (non-hydrogen) atoms. The monoisotopic (exact) mass is 463 g/mol. The van der Waals surface area contributed by atoms with Crippen LogP contribution in [0.25, 0.3) is 0 Å². The van der Waals surface area contributed by atoms with E-state index < -0.39 is 22.5 Å². The molecule has 1 N–H and O–H groups in total. The molecule has 0 aromatic heterocycles. The van der Waals surface area contributed by atoms with Crippen LogP contribution in [0.2, 0.25) is 0 Å². The van der Waals surface area contributed by atoms with E-state index in [0.717, 1.165) is 33.4 Å². The molecule has 10 heteroatoms. The molecule has 0 radical (unpaired) electrons. The van der Waals surface area contributed by atoms with Gasteiger partial charge in [-0.2, -0.15) is 16.9 Å². The standard InChI is InChI=1S/C21H25N3O5S2/c1-3-28-18-10-6-17(7-11-18)24(31(2,26)27)13-21(25)23-22-12-16-4-8-19(9-5-16)29-20-14-30-15-20/h4-12,20H,3,13-15H2,1-2H3,(H,23,25)/b22-12-. The molecule has 1 aliphatic rings. The van der Waals surface area contributed by atoms with E-state index in [-0.39, 0.29) is 6.10 Å². The number of carbonyl (C=O) groups excluding carboxylic acids is 1. The fourth-order valence-corrected chi connectivity index (χ4v) is 4.15. The van der Waals surface area contributed by atoms with Gasteiger partial charge >= 0.3 is 0 Å². The van der Waals surface area contributed by atoms with Gasteiger partial charge in [0, 0.05) is 11.5 Å². The van der Waals surface area contributed by atoms with Crippen molar-refractivity contribution in [2.45, 2.75) is 13.0 Å². The van der Waals surface area contributed by atoms with Gasteiger partial charge in [0.2, 0.25) is 10.0 Å². The number of rotatable bonds is 10. The summed E-state index contributed by atoms with van der Waals surface area (Å²) in [5, 5.41) is 3.92. The zero-order chi connectivity index (χ0) is 22.3. The number of hydrogen-bond acceptors (Lipinski definition) is 7. The van der Waals surface area contributed by atoms with Crippen molar-refractivity contribution >= 4 is 39.6 Å². The molecule has 1 fully saturated rings. The van der Waals surface area contributed by atoms with Crippen LogP contribution in [0.5, 0.6) is 11.5 Å². The number of carbonyl (C=O) groups is 1. The molecule has 0 spiro atoms. The maximum Gasteiger partial charge on any atom is 0.260 e. The number of amides is 1. The Labute approximate surface area is 186 Å². The number of anilines is 1. The third-order valence-corrected chi connectivity index (χ3v) is 6.67.